The highest BCUT2D eigenvalue weighted by Gasteiger charge is 2.20. The van der Waals surface area contributed by atoms with Crippen molar-refractivity contribution in [3.8, 4) is 5.75 Å². The monoisotopic (exact) mass is 566 g/mol. The zero-order chi connectivity index (χ0) is 26.0. The SMILES string of the molecule is COc1ccc(C(C)N(Cc2ccc(C(C)(C)C)cc2)Cc2cc3cc(Br)ccc3[nH]c2=O)cc1Cl. The zero-order valence-electron chi connectivity index (χ0n) is 21.4. The number of aromatic nitrogens is 1. The fourth-order valence-corrected chi connectivity index (χ4v) is 5.03. The van der Waals surface area contributed by atoms with Crippen molar-refractivity contribution in [1.29, 1.82) is 0 Å². The summed E-state index contributed by atoms with van der Waals surface area (Å²) in [6.45, 7) is 9.97. The molecular weight excluding hydrogens is 536 g/mol. The number of halogens is 2. The zero-order valence-corrected chi connectivity index (χ0v) is 23.7. The number of hydrogen-bond donors (Lipinski definition) is 1. The van der Waals surface area contributed by atoms with Crippen LogP contribution in [0, 0.1) is 0 Å². The molecule has 0 radical (unpaired) electrons. The molecular formula is C30H32BrClN2O2. The van der Waals surface area contributed by atoms with Crippen molar-refractivity contribution in [2.45, 2.75) is 52.2 Å². The van der Waals surface area contributed by atoms with E-state index in [1.807, 2.05) is 42.5 Å². The van der Waals surface area contributed by atoms with Gasteiger partial charge in [-0.05, 0) is 70.8 Å². The molecule has 0 aliphatic rings. The van der Waals surface area contributed by atoms with E-state index in [0.717, 1.165) is 26.5 Å². The summed E-state index contributed by atoms with van der Waals surface area (Å²) < 4.78 is 6.32. The van der Waals surface area contributed by atoms with Gasteiger partial charge in [-0.15, -0.1) is 0 Å². The quantitative estimate of drug-likeness (QED) is 0.246. The third kappa shape index (κ3) is 6.03. The van der Waals surface area contributed by atoms with E-state index in [0.29, 0.717) is 23.9 Å². The van der Waals surface area contributed by atoms with Gasteiger partial charge in [0.2, 0.25) is 0 Å². The normalized spacial score (nSPS) is 12.8. The lowest BCUT2D eigenvalue weighted by Crippen LogP contribution is -2.29. The minimum absolute atomic E-state index is 0.00769. The molecule has 1 heterocycles. The molecule has 188 valence electrons. The lowest BCUT2D eigenvalue weighted by Gasteiger charge is -2.30. The van der Waals surface area contributed by atoms with Crippen LogP contribution in [0.4, 0.5) is 0 Å². The number of H-pyrrole nitrogens is 1. The van der Waals surface area contributed by atoms with Gasteiger partial charge in [-0.3, -0.25) is 9.69 Å². The number of nitrogens with one attached hydrogen (secondary N) is 1. The number of hydrogen-bond acceptors (Lipinski definition) is 3. The first-order valence-electron chi connectivity index (χ1n) is 12.0. The number of ether oxygens (including phenoxy) is 1. The highest BCUT2D eigenvalue weighted by Crippen LogP contribution is 2.32. The molecule has 0 bridgehead atoms. The van der Waals surface area contributed by atoms with E-state index in [1.54, 1.807) is 7.11 Å². The maximum Gasteiger partial charge on any atom is 0.252 e. The van der Waals surface area contributed by atoms with E-state index < -0.39 is 0 Å². The number of pyridine rings is 1. The predicted molar refractivity (Wildman–Crippen MR) is 153 cm³/mol. The van der Waals surface area contributed by atoms with Gasteiger partial charge in [-0.1, -0.05) is 78.6 Å². The summed E-state index contributed by atoms with van der Waals surface area (Å²) in [7, 11) is 1.61. The van der Waals surface area contributed by atoms with Gasteiger partial charge in [-0.2, -0.15) is 0 Å². The molecule has 0 saturated carbocycles. The number of fused-ring (bicyclic) bond motifs is 1. The van der Waals surface area contributed by atoms with Crippen molar-refractivity contribution in [3.63, 3.8) is 0 Å². The summed E-state index contributed by atoms with van der Waals surface area (Å²) >= 11 is 10.00. The molecule has 1 unspecified atom stereocenters. The molecule has 0 fully saturated rings. The van der Waals surface area contributed by atoms with Crippen molar-refractivity contribution in [2.24, 2.45) is 0 Å². The van der Waals surface area contributed by atoms with Gasteiger partial charge < -0.3 is 9.72 Å². The molecule has 1 atom stereocenters. The van der Waals surface area contributed by atoms with Crippen molar-refractivity contribution < 1.29 is 4.74 Å². The maximum absolute atomic E-state index is 13.0. The standard InChI is InChI=1S/C30H32BrClN2O2/c1-19(21-8-13-28(36-5)26(32)16-21)34(17-20-6-9-24(10-7-20)30(2,3)4)18-23-14-22-15-25(31)11-12-27(22)33-29(23)35/h6-16,19H,17-18H2,1-5H3,(H,33,35). The Hall–Kier alpha value is -2.60. The lowest BCUT2D eigenvalue weighted by molar-refractivity contribution is 0.191. The van der Waals surface area contributed by atoms with E-state index in [2.05, 4.69) is 77.8 Å². The van der Waals surface area contributed by atoms with E-state index in [4.69, 9.17) is 16.3 Å². The number of benzene rings is 3. The topological polar surface area (TPSA) is 45.3 Å². The van der Waals surface area contributed by atoms with Gasteiger partial charge in [0.1, 0.15) is 5.75 Å². The van der Waals surface area contributed by atoms with E-state index in [-0.39, 0.29) is 17.0 Å². The van der Waals surface area contributed by atoms with Crippen LogP contribution in [0.1, 0.15) is 56.0 Å². The van der Waals surface area contributed by atoms with Crippen LogP contribution in [0.25, 0.3) is 10.9 Å². The van der Waals surface area contributed by atoms with Gasteiger partial charge in [0.15, 0.2) is 0 Å². The van der Waals surface area contributed by atoms with Gasteiger partial charge in [-0.25, -0.2) is 0 Å². The molecule has 0 amide bonds. The minimum Gasteiger partial charge on any atom is -0.495 e. The van der Waals surface area contributed by atoms with Crippen LogP contribution in [-0.2, 0) is 18.5 Å². The van der Waals surface area contributed by atoms with Crippen LogP contribution in [0.3, 0.4) is 0 Å². The fourth-order valence-electron chi connectivity index (χ4n) is 4.39. The third-order valence-corrected chi connectivity index (χ3v) is 7.46. The van der Waals surface area contributed by atoms with E-state index in [1.165, 1.54) is 11.1 Å². The Kier molecular flexibility index (Phi) is 7.93. The second-order valence-corrected chi connectivity index (χ2v) is 11.6. The van der Waals surface area contributed by atoms with Gasteiger partial charge in [0.05, 0.1) is 12.1 Å². The third-order valence-electron chi connectivity index (χ3n) is 6.67. The average Bonchev–Trinajstić information content (AvgIpc) is 2.83. The molecule has 4 rings (SSSR count). The summed E-state index contributed by atoms with van der Waals surface area (Å²) in [4.78, 5) is 18.4. The Morgan fingerprint density at radius 3 is 2.36 bits per heavy atom. The first kappa shape index (κ1) is 26.5. The van der Waals surface area contributed by atoms with Crippen LogP contribution >= 0.6 is 27.5 Å². The first-order chi connectivity index (χ1) is 17.0. The molecule has 4 aromatic rings. The van der Waals surface area contributed by atoms with Crippen molar-refractivity contribution >= 4 is 38.4 Å². The van der Waals surface area contributed by atoms with Crippen LogP contribution in [0.5, 0.6) is 5.75 Å². The van der Waals surface area contributed by atoms with Crippen molar-refractivity contribution in [1.82, 2.24) is 9.88 Å². The van der Waals surface area contributed by atoms with Gasteiger partial charge >= 0.3 is 0 Å². The number of nitrogens with zero attached hydrogens (tertiary/aromatic N) is 1. The molecule has 1 N–H and O–H groups in total. The average molecular weight is 568 g/mol. The van der Waals surface area contributed by atoms with Crippen LogP contribution < -0.4 is 10.3 Å². The molecule has 0 saturated heterocycles. The number of methoxy groups -OCH3 is 1. The molecule has 0 aliphatic carbocycles. The van der Waals surface area contributed by atoms with Crippen molar-refractivity contribution in [2.75, 3.05) is 7.11 Å². The highest BCUT2D eigenvalue weighted by molar-refractivity contribution is 9.10. The first-order valence-corrected chi connectivity index (χ1v) is 13.2. The largest absolute Gasteiger partial charge is 0.495 e. The van der Waals surface area contributed by atoms with Crippen LogP contribution in [0.2, 0.25) is 5.02 Å². The summed E-state index contributed by atoms with van der Waals surface area (Å²) in [5.41, 5.74) is 5.12. The Balaban J connectivity index is 1.70. The Bertz CT molecular complexity index is 1420. The molecule has 0 spiro atoms. The predicted octanol–water partition coefficient (Wildman–Crippen LogP) is 8.01. The van der Waals surface area contributed by atoms with E-state index >= 15 is 0 Å². The lowest BCUT2D eigenvalue weighted by atomic mass is 9.86. The molecule has 4 nitrogen and oxygen atoms in total. The van der Waals surface area contributed by atoms with Gasteiger partial charge in [0.25, 0.3) is 5.56 Å². The maximum atomic E-state index is 13.0. The molecule has 36 heavy (non-hydrogen) atoms. The second kappa shape index (κ2) is 10.8. The molecule has 0 aliphatic heterocycles. The van der Waals surface area contributed by atoms with Crippen LogP contribution in [0.15, 0.2) is 76.0 Å². The van der Waals surface area contributed by atoms with Crippen LogP contribution in [-0.4, -0.2) is 17.0 Å². The fraction of sp³-hybridized carbons (Fsp3) is 0.300. The highest BCUT2D eigenvalue weighted by atomic mass is 79.9. The summed E-state index contributed by atoms with van der Waals surface area (Å²) in [6.07, 6.45) is 0. The van der Waals surface area contributed by atoms with Gasteiger partial charge in [0, 0.05) is 34.7 Å². The second-order valence-electron chi connectivity index (χ2n) is 10.3. The Labute approximate surface area is 226 Å². The Morgan fingerprint density at radius 2 is 1.72 bits per heavy atom. The summed E-state index contributed by atoms with van der Waals surface area (Å²) in [5, 5.41) is 1.57. The molecule has 3 aromatic carbocycles. The van der Waals surface area contributed by atoms with E-state index in [9.17, 15) is 4.79 Å². The van der Waals surface area contributed by atoms with Crippen molar-refractivity contribution in [3.05, 3.63) is 109 Å². The molecule has 6 heteroatoms. The summed E-state index contributed by atoms with van der Waals surface area (Å²) in [6, 6.07) is 22.5. The minimum atomic E-state index is -0.0714. The Morgan fingerprint density at radius 1 is 1.00 bits per heavy atom. The smallest absolute Gasteiger partial charge is 0.252 e. The molecule has 1 aromatic heterocycles. The number of rotatable bonds is 7. The number of aromatic amines is 1. The summed E-state index contributed by atoms with van der Waals surface area (Å²) in [5.74, 6) is 0.647.